The Morgan fingerprint density at radius 2 is 2.00 bits per heavy atom. The van der Waals surface area contributed by atoms with Crippen molar-refractivity contribution in [2.75, 3.05) is 26.7 Å². The van der Waals surface area contributed by atoms with E-state index in [4.69, 9.17) is 0 Å². The molecule has 4 rings (SSSR count). The number of rotatable bonds is 4. The minimum Gasteiger partial charge on any atom is -0.343 e. The number of aromatic nitrogens is 1. The minimum atomic E-state index is -0.0507. The topological polar surface area (TPSA) is 28.5 Å². The molecule has 144 valence electrons. The number of likely N-dealkylation sites (N-methyl/N-ethyl adjacent to an activating group) is 1. The number of carbonyl (C=O) groups excluding carboxylic acids is 1. The molecule has 0 bridgehead atoms. The Morgan fingerprint density at radius 1 is 1.26 bits per heavy atom. The molecule has 2 aromatic rings. The molecule has 0 spiro atoms. The lowest BCUT2D eigenvalue weighted by Gasteiger charge is -2.40. The summed E-state index contributed by atoms with van der Waals surface area (Å²) in [7, 11) is 2.18. The number of halogens is 1. The molecule has 0 unspecified atom stereocenters. The maximum Gasteiger partial charge on any atom is 0.230 e. The lowest BCUT2D eigenvalue weighted by Crippen LogP contribution is -2.47. The summed E-state index contributed by atoms with van der Waals surface area (Å²) in [5, 5.41) is 1.40. The molecule has 1 amide bonds. The molecule has 2 aliphatic rings. The fraction of sp³-hybridized carbons (Fsp3) is 0.500. The average Bonchev–Trinajstić information content (AvgIpc) is 2.95. The third kappa shape index (κ3) is 2.85. The predicted octanol–water partition coefficient (Wildman–Crippen LogP) is 4.00. The van der Waals surface area contributed by atoms with Gasteiger partial charge in [0.2, 0.25) is 5.91 Å². The summed E-state index contributed by atoms with van der Waals surface area (Å²) in [5.41, 5.74) is 5.48. The van der Waals surface area contributed by atoms with Crippen LogP contribution in [0.3, 0.4) is 0 Å². The zero-order chi connectivity index (χ0) is 19.3. The van der Waals surface area contributed by atoms with E-state index in [-0.39, 0.29) is 11.8 Å². The van der Waals surface area contributed by atoms with Gasteiger partial charge in [0.05, 0.1) is 9.62 Å². The lowest BCUT2D eigenvalue weighted by molar-refractivity contribution is -0.134. The van der Waals surface area contributed by atoms with Crippen molar-refractivity contribution in [3.05, 3.63) is 39.1 Å². The third-order valence-electron chi connectivity index (χ3n) is 6.29. The van der Waals surface area contributed by atoms with E-state index in [0.29, 0.717) is 6.04 Å². The van der Waals surface area contributed by atoms with Crippen LogP contribution in [-0.2, 0) is 17.8 Å². The SMILES string of the molecule is CCN(CC)C(=O)[C@@H]1C=C2c3cccc4c3c(c([125I])n4CC)C[C@H]2N(C)C1. The second-order valence-electron chi connectivity index (χ2n) is 7.61. The van der Waals surface area contributed by atoms with Crippen molar-refractivity contribution in [2.24, 2.45) is 5.92 Å². The van der Waals surface area contributed by atoms with Crippen molar-refractivity contribution >= 4 is 45.0 Å². The largest absolute Gasteiger partial charge is 0.343 e. The van der Waals surface area contributed by atoms with Crippen LogP contribution < -0.4 is 0 Å². The zero-order valence-corrected chi connectivity index (χ0v) is 18.8. The standard InChI is InChI=1S/C22H28IN3O/c1-5-25(6-2)22(27)14-11-16-15-9-8-10-18-20(15)17(21(23)26(18)7-3)12-19(16)24(4)13-14/h8-11,14,19H,5-7,12-13H2,1-4H3/t14-,19-/m1/s1/i23-2. The first-order valence-corrected chi connectivity index (χ1v) is 11.1. The first kappa shape index (κ1) is 19.0. The molecule has 0 N–H and O–H groups in total. The molecule has 0 saturated heterocycles. The van der Waals surface area contributed by atoms with Crippen molar-refractivity contribution in [3.63, 3.8) is 0 Å². The number of benzene rings is 1. The first-order valence-electron chi connectivity index (χ1n) is 10.0. The maximum atomic E-state index is 13.0. The van der Waals surface area contributed by atoms with Crippen molar-refractivity contribution in [1.82, 2.24) is 14.4 Å². The summed E-state index contributed by atoms with van der Waals surface area (Å²) in [6.45, 7) is 9.69. The van der Waals surface area contributed by atoms with Gasteiger partial charge in [-0.1, -0.05) is 18.2 Å². The van der Waals surface area contributed by atoms with Crippen LogP contribution in [0.4, 0.5) is 0 Å². The Labute approximate surface area is 175 Å². The van der Waals surface area contributed by atoms with Gasteiger partial charge in [-0.15, -0.1) is 0 Å². The van der Waals surface area contributed by atoms with Crippen LogP contribution in [0.25, 0.3) is 16.5 Å². The Hall–Kier alpha value is -1.34. The van der Waals surface area contributed by atoms with Crippen LogP contribution >= 0.6 is 22.6 Å². The van der Waals surface area contributed by atoms with Crippen LogP contribution in [0.5, 0.6) is 0 Å². The van der Waals surface area contributed by atoms with Crippen LogP contribution in [0.1, 0.15) is 31.9 Å². The van der Waals surface area contributed by atoms with Crippen molar-refractivity contribution in [3.8, 4) is 0 Å². The molecule has 1 aliphatic carbocycles. The van der Waals surface area contributed by atoms with Gasteiger partial charge in [-0.3, -0.25) is 9.69 Å². The number of hydrogen-bond acceptors (Lipinski definition) is 2. The molecule has 2 heterocycles. The molecular formula is C22H28IN3O. The Bertz CT molecular complexity index is 925. The minimum absolute atomic E-state index is 0.0507. The van der Waals surface area contributed by atoms with E-state index in [1.807, 2.05) is 4.90 Å². The highest BCUT2D eigenvalue weighted by atomic mass is 125. The second-order valence-corrected chi connectivity index (χ2v) is 8.63. The van der Waals surface area contributed by atoms with Gasteiger partial charge in [-0.05, 0) is 79.6 Å². The summed E-state index contributed by atoms with van der Waals surface area (Å²) in [6, 6.07) is 7.02. The summed E-state index contributed by atoms with van der Waals surface area (Å²) in [5.74, 6) is 0.210. The summed E-state index contributed by atoms with van der Waals surface area (Å²) in [6.07, 6.45) is 3.31. The number of nitrogens with zero attached hydrogens (tertiary/aromatic N) is 3. The lowest BCUT2D eigenvalue weighted by atomic mass is 9.79. The van der Waals surface area contributed by atoms with Crippen LogP contribution in [0.15, 0.2) is 24.3 Å². The zero-order valence-electron chi connectivity index (χ0n) is 16.6. The summed E-state index contributed by atoms with van der Waals surface area (Å²) >= 11 is 2.51. The fourth-order valence-electron chi connectivity index (χ4n) is 4.89. The van der Waals surface area contributed by atoms with E-state index in [9.17, 15) is 4.79 Å². The highest BCUT2D eigenvalue weighted by molar-refractivity contribution is 14.1. The number of amides is 1. The molecule has 1 aromatic heterocycles. The van der Waals surface area contributed by atoms with Gasteiger partial charge in [0, 0.05) is 43.1 Å². The summed E-state index contributed by atoms with van der Waals surface area (Å²) < 4.78 is 3.79. The molecule has 0 saturated carbocycles. The first-order chi connectivity index (χ1) is 13.0. The number of hydrogen-bond donors (Lipinski definition) is 0. The highest BCUT2D eigenvalue weighted by Crippen LogP contribution is 2.43. The maximum absolute atomic E-state index is 13.0. The van der Waals surface area contributed by atoms with Crippen LogP contribution in [0.2, 0.25) is 0 Å². The molecular weight excluding hydrogens is 447 g/mol. The normalized spacial score (nSPS) is 21.9. The van der Waals surface area contributed by atoms with E-state index >= 15 is 0 Å². The molecule has 1 aliphatic heterocycles. The van der Waals surface area contributed by atoms with Crippen molar-refractivity contribution in [1.29, 1.82) is 0 Å². The van der Waals surface area contributed by atoms with Gasteiger partial charge in [-0.25, -0.2) is 0 Å². The summed E-state index contributed by atoms with van der Waals surface area (Å²) in [4.78, 5) is 17.4. The average molecular weight is 475 g/mol. The van der Waals surface area contributed by atoms with E-state index in [1.54, 1.807) is 0 Å². The quantitative estimate of drug-likeness (QED) is 0.626. The Kier molecular flexibility index (Phi) is 5.10. The van der Waals surface area contributed by atoms with Gasteiger partial charge in [-0.2, -0.15) is 0 Å². The van der Waals surface area contributed by atoms with E-state index in [0.717, 1.165) is 32.6 Å². The monoisotopic (exact) mass is 475 g/mol. The number of carbonyl (C=O) groups is 1. The highest BCUT2D eigenvalue weighted by Gasteiger charge is 2.37. The number of aryl methyl sites for hydroxylation is 1. The van der Waals surface area contributed by atoms with Gasteiger partial charge < -0.3 is 9.47 Å². The fourth-order valence-corrected chi connectivity index (χ4v) is 5.98. The number of fused-ring (bicyclic) bond motifs is 2. The van der Waals surface area contributed by atoms with Gasteiger partial charge in [0.1, 0.15) is 0 Å². The molecule has 0 radical (unpaired) electrons. The Balaban J connectivity index is 1.86. The van der Waals surface area contributed by atoms with Gasteiger partial charge >= 0.3 is 0 Å². The molecule has 0 fully saturated rings. The Morgan fingerprint density at radius 3 is 2.67 bits per heavy atom. The van der Waals surface area contributed by atoms with Gasteiger partial charge in [0.15, 0.2) is 0 Å². The van der Waals surface area contributed by atoms with Crippen molar-refractivity contribution in [2.45, 2.75) is 39.8 Å². The van der Waals surface area contributed by atoms with Crippen LogP contribution in [0, 0.1) is 9.62 Å². The van der Waals surface area contributed by atoms with Gasteiger partial charge in [0.25, 0.3) is 0 Å². The molecule has 4 nitrogen and oxygen atoms in total. The second kappa shape index (κ2) is 7.24. The third-order valence-corrected chi connectivity index (χ3v) is 7.53. The smallest absolute Gasteiger partial charge is 0.230 e. The van der Waals surface area contributed by atoms with Crippen molar-refractivity contribution < 1.29 is 4.79 Å². The molecule has 2 atom stereocenters. The molecule has 1 aromatic carbocycles. The van der Waals surface area contributed by atoms with E-state index in [2.05, 4.69) is 84.2 Å². The molecule has 5 heteroatoms. The predicted molar refractivity (Wildman–Crippen MR) is 120 cm³/mol. The molecule has 27 heavy (non-hydrogen) atoms. The van der Waals surface area contributed by atoms with E-state index in [1.165, 1.54) is 31.3 Å². The van der Waals surface area contributed by atoms with E-state index < -0.39 is 0 Å². The van der Waals surface area contributed by atoms with Crippen LogP contribution in [-0.4, -0.2) is 53.0 Å².